The maximum absolute atomic E-state index is 12.5. The minimum atomic E-state index is -0.606. The third kappa shape index (κ3) is 5.60. The van der Waals surface area contributed by atoms with Crippen LogP contribution in [0, 0.1) is 11.3 Å². The largest absolute Gasteiger partial charge is 0.481 e. The van der Waals surface area contributed by atoms with E-state index in [1.807, 2.05) is 11.0 Å². The molecule has 7 heteroatoms. The Morgan fingerprint density at radius 1 is 1.31 bits per heavy atom. The number of nitriles is 1. The molecule has 1 N–H and O–H groups in total. The van der Waals surface area contributed by atoms with Gasteiger partial charge in [0, 0.05) is 32.7 Å². The van der Waals surface area contributed by atoms with Crippen molar-refractivity contribution in [1.82, 2.24) is 15.1 Å². The predicted octanol–water partition coefficient (Wildman–Crippen LogP) is 0.772. The number of amides is 2. The van der Waals surface area contributed by atoms with Crippen LogP contribution in [0.15, 0.2) is 36.9 Å². The van der Waals surface area contributed by atoms with Gasteiger partial charge >= 0.3 is 0 Å². The molecule has 1 atom stereocenters. The Hall–Kier alpha value is -2.85. The molecule has 2 rings (SSSR count). The quantitative estimate of drug-likeness (QED) is 0.730. The van der Waals surface area contributed by atoms with Crippen molar-refractivity contribution in [3.63, 3.8) is 0 Å². The van der Waals surface area contributed by atoms with Gasteiger partial charge < -0.3 is 15.0 Å². The highest BCUT2D eigenvalue weighted by Gasteiger charge is 2.26. The lowest BCUT2D eigenvalue weighted by Gasteiger charge is -2.35. The highest BCUT2D eigenvalue weighted by Crippen LogP contribution is 2.15. The van der Waals surface area contributed by atoms with Gasteiger partial charge in [-0.3, -0.25) is 14.5 Å². The number of nitrogens with one attached hydrogen (secondary N) is 1. The van der Waals surface area contributed by atoms with Crippen molar-refractivity contribution in [2.75, 3.05) is 39.3 Å². The van der Waals surface area contributed by atoms with E-state index >= 15 is 0 Å². The van der Waals surface area contributed by atoms with Gasteiger partial charge in [0.05, 0.1) is 18.2 Å². The first-order chi connectivity index (χ1) is 12.5. The molecular weight excluding hydrogens is 332 g/mol. The molecule has 1 aromatic carbocycles. The van der Waals surface area contributed by atoms with Gasteiger partial charge in [-0.2, -0.15) is 5.26 Å². The van der Waals surface area contributed by atoms with Crippen LogP contribution in [0.5, 0.6) is 5.75 Å². The normalized spacial score (nSPS) is 15.6. The molecule has 1 aliphatic heterocycles. The third-order valence-corrected chi connectivity index (χ3v) is 4.14. The molecule has 1 heterocycles. The number of carbonyl (C=O) groups is 2. The van der Waals surface area contributed by atoms with E-state index in [-0.39, 0.29) is 11.8 Å². The number of benzene rings is 1. The Morgan fingerprint density at radius 3 is 2.54 bits per heavy atom. The number of carbonyl (C=O) groups excluding carboxylic acids is 2. The fourth-order valence-corrected chi connectivity index (χ4v) is 2.69. The van der Waals surface area contributed by atoms with Gasteiger partial charge in [0.1, 0.15) is 5.75 Å². The number of hydrogen-bond acceptors (Lipinski definition) is 5. The SMILES string of the molecule is C=CCNC(=O)CN1CCN(C(=O)C(C)Oc2ccc(C#N)cc2)CC1. The average molecular weight is 356 g/mol. The second-order valence-electron chi connectivity index (χ2n) is 6.09. The van der Waals surface area contributed by atoms with Gasteiger partial charge in [0.25, 0.3) is 5.91 Å². The summed E-state index contributed by atoms with van der Waals surface area (Å²) in [7, 11) is 0. The first-order valence-corrected chi connectivity index (χ1v) is 8.59. The second kappa shape index (κ2) is 9.59. The van der Waals surface area contributed by atoms with Gasteiger partial charge in [-0.05, 0) is 31.2 Å². The molecule has 1 fully saturated rings. The van der Waals surface area contributed by atoms with Crippen molar-refractivity contribution in [2.45, 2.75) is 13.0 Å². The van der Waals surface area contributed by atoms with Gasteiger partial charge in [-0.25, -0.2) is 0 Å². The van der Waals surface area contributed by atoms with Crippen LogP contribution < -0.4 is 10.1 Å². The molecule has 0 spiro atoms. The van der Waals surface area contributed by atoms with Crippen molar-refractivity contribution < 1.29 is 14.3 Å². The monoisotopic (exact) mass is 356 g/mol. The molecule has 7 nitrogen and oxygen atoms in total. The Morgan fingerprint density at radius 2 is 1.96 bits per heavy atom. The van der Waals surface area contributed by atoms with Crippen LogP contribution in [0.25, 0.3) is 0 Å². The highest BCUT2D eigenvalue weighted by molar-refractivity contribution is 5.81. The first-order valence-electron chi connectivity index (χ1n) is 8.59. The van der Waals surface area contributed by atoms with Crippen LogP contribution in [-0.2, 0) is 9.59 Å². The molecule has 26 heavy (non-hydrogen) atoms. The summed E-state index contributed by atoms with van der Waals surface area (Å²) in [5.41, 5.74) is 0.546. The van der Waals surface area contributed by atoms with Crippen LogP contribution in [0.1, 0.15) is 12.5 Å². The van der Waals surface area contributed by atoms with E-state index in [0.29, 0.717) is 50.6 Å². The zero-order valence-corrected chi connectivity index (χ0v) is 15.0. The Kier molecular flexibility index (Phi) is 7.18. The summed E-state index contributed by atoms with van der Waals surface area (Å²) in [6, 6.07) is 8.72. The van der Waals surface area contributed by atoms with Crippen LogP contribution in [-0.4, -0.2) is 67.0 Å². The number of ether oxygens (including phenoxy) is 1. The van der Waals surface area contributed by atoms with Gasteiger partial charge in [0.2, 0.25) is 5.91 Å². The highest BCUT2D eigenvalue weighted by atomic mass is 16.5. The van der Waals surface area contributed by atoms with E-state index in [9.17, 15) is 9.59 Å². The number of hydrogen-bond donors (Lipinski definition) is 1. The van der Waals surface area contributed by atoms with Crippen molar-refractivity contribution in [2.24, 2.45) is 0 Å². The molecular formula is C19H24N4O3. The van der Waals surface area contributed by atoms with E-state index in [0.717, 1.165) is 0 Å². The summed E-state index contributed by atoms with van der Waals surface area (Å²) in [6.45, 7) is 8.50. The Labute approximate surface area is 153 Å². The second-order valence-corrected chi connectivity index (χ2v) is 6.09. The van der Waals surface area contributed by atoms with Crippen LogP contribution in [0.3, 0.4) is 0 Å². The van der Waals surface area contributed by atoms with E-state index in [2.05, 4.69) is 11.9 Å². The zero-order chi connectivity index (χ0) is 18.9. The molecule has 1 aliphatic rings. The predicted molar refractivity (Wildman–Crippen MR) is 97.5 cm³/mol. The maximum Gasteiger partial charge on any atom is 0.263 e. The fourth-order valence-electron chi connectivity index (χ4n) is 2.69. The van der Waals surface area contributed by atoms with Crippen molar-refractivity contribution >= 4 is 11.8 Å². The maximum atomic E-state index is 12.5. The summed E-state index contributed by atoms with van der Waals surface area (Å²) in [6.07, 6.45) is 1.04. The molecule has 0 aromatic heterocycles. The van der Waals surface area contributed by atoms with Gasteiger partial charge in [-0.1, -0.05) is 6.08 Å². The lowest BCUT2D eigenvalue weighted by atomic mass is 10.2. The topological polar surface area (TPSA) is 85.7 Å². The van der Waals surface area contributed by atoms with Crippen molar-refractivity contribution in [1.29, 1.82) is 5.26 Å². The summed E-state index contributed by atoms with van der Waals surface area (Å²) >= 11 is 0. The van der Waals surface area contributed by atoms with E-state index in [4.69, 9.17) is 10.00 Å². The lowest BCUT2D eigenvalue weighted by Crippen LogP contribution is -2.53. The summed E-state index contributed by atoms with van der Waals surface area (Å²) < 4.78 is 5.68. The number of piperazine rings is 1. The Balaban J connectivity index is 1.78. The van der Waals surface area contributed by atoms with Crippen LogP contribution >= 0.6 is 0 Å². The minimum Gasteiger partial charge on any atom is -0.481 e. The van der Waals surface area contributed by atoms with E-state index in [1.165, 1.54) is 0 Å². The van der Waals surface area contributed by atoms with Gasteiger partial charge in [0.15, 0.2) is 6.10 Å². The minimum absolute atomic E-state index is 0.0396. The van der Waals surface area contributed by atoms with Crippen molar-refractivity contribution in [3.8, 4) is 11.8 Å². The molecule has 138 valence electrons. The van der Waals surface area contributed by atoms with Gasteiger partial charge in [-0.15, -0.1) is 6.58 Å². The Bertz CT molecular complexity index is 673. The first kappa shape index (κ1) is 19.5. The fraction of sp³-hybridized carbons (Fsp3) is 0.421. The molecule has 1 aromatic rings. The smallest absolute Gasteiger partial charge is 0.263 e. The zero-order valence-electron chi connectivity index (χ0n) is 15.0. The third-order valence-electron chi connectivity index (χ3n) is 4.14. The van der Waals surface area contributed by atoms with Crippen LogP contribution in [0.2, 0.25) is 0 Å². The lowest BCUT2D eigenvalue weighted by molar-refractivity contribution is -0.139. The standard InChI is InChI=1S/C19H24N4O3/c1-3-8-21-18(24)14-22-9-11-23(12-10-22)19(25)15(2)26-17-6-4-16(13-20)5-7-17/h3-7,15H,1,8-12,14H2,2H3,(H,21,24). The number of rotatable bonds is 7. The summed E-state index contributed by atoms with van der Waals surface area (Å²) in [4.78, 5) is 28.0. The molecule has 1 saturated heterocycles. The summed E-state index contributed by atoms with van der Waals surface area (Å²) in [5, 5.41) is 11.6. The molecule has 0 aliphatic carbocycles. The molecule has 0 bridgehead atoms. The average Bonchev–Trinajstić information content (AvgIpc) is 2.67. The molecule has 1 unspecified atom stereocenters. The molecule has 0 radical (unpaired) electrons. The van der Waals surface area contributed by atoms with E-state index < -0.39 is 6.10 Å². The molecule has 2 amide bonds. The molecule has 0 saturated carbocycles. The summed E-state index contributed by atoms with van der Waals surface area (Å²) in [5.74, 6) is 0.440. The van der Waals surface area contributed by atoms with Crippen molar-refractivity contribution in [3.05, 3.63) is 42.5 Å². The van der Waals surface area contributed by atoms with E-state index in [1.54, 1.807) is 42.2 Å². The number of nitrogens with zero attached hydrogens (tertiary/aromatic N) is 3. The van der Waals surface area contributed by atoms with Crippen LogP contribution in [0.4, 0.5) is 0 Å².